The Morgan fingerprint density at radius 2 is 1.95 bits per heavy atom. The first-order valence-electron chi connectivity index (χ1n) is 8.39. The first-order chi connectivity index (χ1) is 10.3. The summed E-state index contributed by atoms with van der Waals surface area (Å²) in [4.78, 5) is 14.8. The number of anilines is 1. The normalized spacial score (nSPS) is 26.0. The molecule has 3 rings (SSSR count). The van der Waals surface area contributed by atoms with Crippen molar-refractivity contribution in [3.05, 3.63) is 29.8 Å². The summed E-state index contributed by atoms with van der Waals surface area (Å²) in [5, 5.41) is 0. The highest BCUT2D eigenvalue weighted by atomic mass is 16.2. The van der Waals surface area contributed by atoms with Gasteiger partial charge in [-0.15, -0.1) is 0 Å². The molecule has 3 heteroatoms. The van der Waals surface area contributed by atoms with Crippen LogP contribution in [0.25, 0.3) is 0 Å². The van der Waals surface area contributed by atoms with Crippen LogP contribution in [0.2, 0.25) is 0 Å². The van der Waals surface area contributed by atoms with E-state index in [2.05, 4.69) is 18.2 Å². The Hall–Kier alpha value is -1.35. The number of nitrogens with zero attached hydrogens (tertiary/aromatic N) is 1. The van der Waals surface area contributed by atoms with E-state index >= 15 is 0 Å². The van der Waals surface area contributed by atoms with Gasteiger partial charge in [-0.05, 0) is 49.7 Å². The molecule has 1 amide bonds. The Balaban J connectivity index is 1.74. The summed E-state index contributed by atoms with van der Waals surface area (Å²) >= 11 is 0. The molecule has 1 aliphatic carbocycles. The van der Waals surface area contributed by atoms with Gasteiger partial charge < -0.3 is 10.6 Å². The van der Waals surface area contributed by atoms with E-state index in [1.165, 1.54) is 24.8 Å². The molecule has 0 radical (unpaired) electrons. The second-order valence-corrected chi connectivity index (χ2v) is 6.54. The van der Waals surface area contributed by atoms with Gasteiger partial charge in [-0.3, -0.25) is 4.79 Å². The summed E-state index contributed by atoms with van der Waals surface area (Å²) < 4.78 is 0. The number of hydrogen-bond donors (Lipinski definition) is 1. The van der Waals surface area contributed by atoms with Crippen LogP contribution < -0.4 is 10.6 Å². The lowest BCUT2D eigenvalue weighted by molar-refractivity contribution is -0.119. The molecule has 0 saturated heterocycles. The van der Waals surface area contributed by atoms with E-state index in [1.807, 2.05) is 11.0 Å². The topological polar surface area (TPSA) is 46.3 Å². The van der Waals surface area contributed by atoms with Crippen LogP contribution in [0.15, 0.2) is 24.3 Å². The summed E-state index contributed by atoms with van der Waals surface area (Å²) in [5.41, 5.74) is 8.66. The van der Waals surface area contributed by atoms with E-state index in [-0.39, 0.29) is 11.9 Å². The quantitative estimate of drug-likeness (QED) is 0.907. The lowest BCUT2D eigenvalue weighted by Crippen LogP contribution is -2.39. The number of benzene rings is 1. The van der Waals surface area contributed by atoms with Crippen molar-refractivity contribution < 1.29 is 4.79 Å². The smallest absolute Gasteiger partial charge is 0.227 e. The van der Waals surface area contributed by atoms with Gasteiger partial charge in [0.25, 0.3) is 0 Å². The molecule has 2 aliphatic rings. The first-order valence-corrected chi connectivity index (χ1v) is 8.39. The summed E-state index contributed by atoms with van der Waals surface area (Å²) in [7, 11) is 0. The molecular weight excluding hydrogens is 260 g/mol. The van der Waals surface area contributed by atoms with Crippen LogP contribution in [0, 0.1) is 5.92 Å². The van der Waals surface area contributed by atoms with Crippen molar-refractivity contribution >= 4 is 11.6 Å². The molecule has 0 spiro atoms. The Labute approximate surface area is 127 Å². The molecule has 1 heterocycles. The third kappa shape index (κ3) is 3.29. The molecule has 1 saturated carbocycles. The number of nitrogens with two attached hydrogens (primary N) is 1. The number of hydrogen-bond acceptors (Lipinski definition) is 2. The van der Waals surface area contributed by atoms with Crippen molar-refractivity contribution in [3.8, 4) is 0 Å². The van der Waals surface area contributed by atoms with Gasteiger partial charge in [0.15, 0.2) is 0 Å². The van der Waals surface area contributed by atoms with E-state index in [4.69, 9.17) is 5.73 Å². The molecule has 0 aromatic heterocycles. The summed E-state index contributed by atoms with van der Waals surface area (Å²) in [6.07, 6.45) is 8.61. The Bertz CT molecular complexity index is 500. The maximum absolute atomic E-state index is 12.8. The lowest BCUT2D eigenvalue weighted by atomic mass is 9.82. The van der Waals surface area contributed by atoms with E-state index in [0.717, 1.165) is 37.9 Å². The van der Waals surface area contributed by atoms with Crippen molar-refractivity contribution in [2.24, 2.45) is 11.7 Å². The van der Waals surface area contributed by atoms with Gasteiger partial charge in [-0.1, -0.05) is 31.0 Å². The number of para-hydroxylation sites is 1. The third-order valence-corrected chi connectivity index (χ3v) is 5.07. The monoisotopic (exact) mass is 286 g/mol. The summed E-state index contributed by atoms with van der Waals surface area (Å²) in [6, 6.07) is 8.58. The Morgan fingerprint density at radius 1 is 1.14 bits per heavy atom. The zero-order valence-electron chi connectivity index (χ0n) is 12.8. The number of aryl methyl sites for hydroxylation is 1. The maximum Gasteiger partial charge on any atom is 0.227 e. The van der Waals surface area contributed by atoms with Gasteiger partial charge >= 0.3 is 0 Å². The van der Waals surface area contributed by atoms with Crippen LogP contribution in [0.3, 0.4) is 0 Å². The second kappa shape index (κ2) is 6.61. The SMILES string of the molecule is NC1CCCCC1CC(=O)N1CCCCc2ccccc21. The average Bonchev–Trinajstić information content (AvgIpc) is 2.72. The highest BCUT2D eigenvalue weighted by Crippen LogP contribution is 2.30. The Kier molecular flexibility index (Phi) is 4.59. The highest BCUT2D eigenvalue weighted by Gasteiger charge is 2.28. The van der Waals surface area contributed by atoms with Crippen LogP contribution in [0.1, 0.15) is 50.5 Å². The molecule has 1 aromatic rings. The van der Waals surface area contributed by atoms with Gasteiger partial charge in [0.1, 0.15) is 0 Å². The minimum Gasteiger partial charge on any atom is -0.327 e. The number of rotatable bonds is 2. The molecule has 0 bridgehead atoms. The van der Waals surface area contributed by atoms with Crippen LogP contribution in [0.4, 0.5) is 5.69 Å². The van der Waals surface area contributed by atoms with Crippen molar-refractivity contribution in [3.63, 3.8) is 0 Å². The number of carbonyl (C=O) groups is 1. The fourth-order valence-electron chi connectivity index (χ4n) is 3.77. The molecule has 21 heavy (non-hydrogen) atoms. The molecule has 114 valence electrons. The maximum atomic E-state index is 12.8. The zero-order chi connectivity index (χ0) is 14.7. The van der Waals surface area contributed by atoms with Crippen LogP contribution in [-0.2, 0) is 11.2 Å². The van der Waals surface area contributed by atoms with Crippen molar-refractivity contribution in [1.29, 1.82) is 0 Å². The summed E-state index contributed by atoms with van der Waals surface area (Å²) in [6.45, 7) is 0.859. The van der Waals surface area contributed by atoms with Crippen molar-refractivity contribution in [2.75, 3.05) is 11.4 Å². The van der Waals surface area contributed by atoms with Gasteiger partial charge in [0.2, 0.25) is 5.91 Å². The number of fused-ring (bicyclic) bond motifs is 1. The largest absolute Gasteiger partial charge is 0.327 e. The molecular formula is C18H26N2O. The van der Waals surface area contributed by atoms with Gasteiger partial charge in [-0.25, -0.2) is 0 Å². The van der Waals surface area contributed by atoms with E-state index in [9.17, 15) is 4.79 Å². The third-order valence-electron chi connectivity index (χ3n) is 5.07. The van der Waals surface area contributed by atoms with Crippen molar-refractivity contribution in [2.45, 2.75) is 57.4 Å². The van der Waals surface area contributed by atoms with E-state index < -0.39 is 0 Å². The molecule has 2 unspecified atom stereocenters. The summed E-state index contributed by atoms with van der Waals surface area (Å²) in [5.74, 6) is 0.647. The molecule has 2 atom stereocenters. The van der Waals surface area contributed by atoms with Crippen LogP contribution >= 0.6 is 0 Å². The molecule has 1 fully saturated rings. The standard InChI is InChI=1S/C18H26N2O/c19-16-10-3-1-9-15(16)13-18(21)20-12-6-5-8-14-7-2-4-11-17(14)20/h2,4,7,11,15-16H,1,3,5-6,8-10,12-13,19H2. The second-order valence-electron chi connectivity index (χ2n) is 6.54. The van der Waals surface area contributed by atoms with E-state index in [1.54, 1.807) is 0 Å². The number of amides is 1. The molecule has 1 aliphatic heterocycles. The van der Waals surface area contributed by atoms with Gasteiger partial charge in [0, 0.05) is 24.7 Å². The Morgan fingerprint density at radius 3 is 2.81 bits per heavy atom. The lowest BCUT2D eigenvalue weighted by Gasteiger charge is -2.31. The number of carbonyl (C=O) groups excluding carboxylic acids is 1. The molecule has 2 N–H and O–H groups in total. The minimum absolute atomic E-state index is 0.213. The van der Waals surface area contributed by atoms with E-state index in [0.29, 0.717) is 12.3 Å². The predicted molar refractivity (Wildman–Crippen MR) is 86.3 cm³/mol. The average molecular weight is 286 g/mol. The van der Waals surface area contributed by atoms with Crippen LogP contribution in [0.5, 0.6) is 0 Å². The minimum atomic E-state index is 0.213. The van der Waals surface area contributed by atoms with Crippen molar-refractivity contribution in [1.82, 2.24) is 0 Å². The fraction of sp³-hybridized carbons (Fsp3) is 0.611. The highest BCUT2D eigenvalue weighted by molar-refractivity contribution is 5.94. The fourth-order valence-corrected chi connectivity index (χ4v) is 3.77. The molecule has 3 nitrogen and oxygen atoms in total. The van der Waals surface area contributed by atoms with Crippen LogP contribution in [-0.4, -0.2) is 18.5 Å². The molecule has 1 aromatic carbocycles. The van der Waals surface area contributed by atoms with Gasteiger partial charge in [0.05, 0.1) is 0 Å². The zero-order valence-corrected chi connectivity index (χ0v) is 12.8. The predicted octanol–water partition coefficient (Wildman–Crippen LogP) is 3.26. The first kappa shape index (κ1) is 14.6. The van der Waals surface area contributed by atoms with Gasteiger partial charge in [-0.2, -0.15) is 0 Å².